The number of aryl methyl sites for hydroxylation is 1. The van der Waals surface area contributed by atoms with Crippen LogP contribution in [0.3, 0.4) is 0 Å². The predicted molar refractivity (Wildman–Crippen MR) is 67.0 cm³/mol. The van der Waals surface area contributed by atoms with Gasteiger partial charge >= 0.3 is 0 Å². The molecular formula is C12H20N4O. The first-order valence-electron chi connectivity index (χ1n) is 6.21. The van der Waals surface area contributed by atoms with E-state index in [9.17, 15) is 4.79 Å². The molecule has 0 saturated heterocycles. The molecule has 1 aliphatic rings. The van der Waals surface area contributed by atoms with Crippen LogP contribution in [-0.4, -0.2) is 28.7 Å². The number of anilines is 1. The number of carbonyl (C=O) groups is 1. The van der Waals surface area contributed by atoms with Crippen LogP contribution in [0.25, 0.3) is 0 Å². The number of rotatable bonds is 4. The van der Waals surface area contributed by atoms with Crippen LogP contribution in [0.15, 0.2) is 0 Å². The molecule has 2 rings (SSSR count). The molecule has 5 heteroatoms. The van der Waals surface area contributed by atoms with Crippen LogP contribution in [0.1, 0.15) is 36.9 Å². The van der Waals surface area contributed by atoms with E-state index in [0.717, 1.165) is 11.3 Å². The van der Waals surface area contributed by atoms with Gasteiger partial charge in [0, 0.05) is 17.3 Å². The fraction of sp³-hybridized carbons (Fsp3) is 0.667. The Balaban J connectivity index is 1.78. The first-order chi connectivity index (χ1) is 8.16. The fourth-order valence-electron chi connectivity index (χ4n) is 2.15. The van der Waals surface area contributed by atoms with Crippen molar-refractivity contribution in [2.24, 2.45) is 0 Å². The topological polar surface area (TPSA) is 69.8 Å². The molecular weight excluding hydrogens is 216 g/mol. The van der Waals surface area contributed by atoms with Gasteiger partial charge in [-0.2, -0.15) is 5.10 Å². The van der Waals surface area contributed by atoms with Gasteiger partial charge < -0.3 is 10.6 Å². The Morgan fingerprint density at radius 2 is 2.12 bits per heavy atom. The van der Waals surface area contributed by atoms with E-state index in [0.29, 0.717) is 18.4 Å². The van der Waals surface area contributed by atoms with E-state index in [2.05, 4.69) is 20.8 Å². The minimum absolute atomic E-state index is 0.0218. The second-order valence-electron chi connectivity index (χ2n) is 4.73. The summed E-state index contributed by atoms with van der Waals surface area (Å²) >= 11 is 0. The summed E-state index contributed by atoms with van der Waals surface area (Å²) in [5.41, 5.74) is 1.99. The molecule has 0 radical (unpaired) electrons. The van der Waals surface area contributed by atoms with Gasteiger partial charge in [-0.15, -0.1) is 0 Å². The van der Waals surface area contributed by atoms with E-state index >= 15 is 0 Å². The Bertz CT molecular complexity index is 393. The maximum absolute atomic E-state index is 11.7. The molecule has 0 atom stereocenters. The fourth-order valence-corrected chi connectivity index (χ4v) is 2.15. The molecule has 0 spiro atoms. The largest absolute Gasteiger partial charge is 0.308 e. The maximum atomic E-state index is 11.7. The molecule has 1 amide bonds. The molecule has 1 fully saturated rings. The molecule has 3 N–H and O–H groups in total. The number of carbonyl (C=O) groups excluding carboxylic acids is 1. The summed E-state index contributed by atoms with van der Waals surface area (Å²) in [6.07, 6.45) is 4.93. The van der Waals surface area contributed by atoms with Crippen LogP contribution in [0.5, 0.6) is 0 Å². The normalized spacial score (nSPS) is 16.4. The van der Waals surface area contributed by atoms with Crippen LogP contribution in [0.2, 0.25) is 0 Å². The van der Waals surface area contributed by atoms with Gasteiger partial charge in [0.05, 0.1) is 6.54 Å². The van der Waals surface area contributed by atoms with E-state index in [4.69, 9.17) is 0 Å². The summed E-state index contributed by atoms with van der Waals surface area (Å²) in [7, 11) is 0. The zero-order valence-electron chi connectivity index (χ0n) is 10.5. The Labute approximate surface area is 101 Å². The number of aromatic nitrogens is 2. The SMILES string of the molecule is Cc1[nH]nc(NC(=O)CNC2CCCC2)c1C. The van der Waals surface area contributed by atoms with Crippen LogP contribution in [-0.2, 0) is 4.79 Å². The monoisotopic (exact) mass is 236 g/mol. The molecule has 0 aliphatic heterocycles. The average Bonchev–Trinajstić information content (AvgIpc) is 2.92. The van der Waals surface area contributed by atoms with Gasteiger partial charge in [0.2, 0.25) is 5.91 Å². The molecule has 1 aliphatic carbocycles. The highest BCUT2D eigenvalue weighted by molar-refractivity contribution is 5.92. The van der Waals surface area contributed by atoms with Gasteiger partial charge in [-0.25, -0.2) is 0 Å². The highest BCUT2D eigenvalue weighted by Crippen LogP contribution is 2.17. The minimum Gasteiger partial charge on any atom is -0.308 e. The Kier molecular flexibility index (Phi) is 3.78. The second-order valence-corrected chi connectivity index (χ2v) is 4.73. The Morgan fingerprint density at radius 1 is 1.41 bits per heavy atom. The van der Waals surface area contributed by atoms with E-state index in [1.54, 1.807) is 0 Å². The zero-order chi connectivity index (χ0) is 12.3. The summed E-state index contributed by atoms with van der Waals surface area (Å²) in [5, 5.41) is 13.0. The summed E-state index contributed by atoms with van der Waals surface area (Å²) in [4.78, 5) is 11.7. The summed E-state index contributed by atoms with van der Waals surface area (Å²) < 4.78 is 0. The van der Waals surface area contributed by atoms with Crippen LogP contribution in [0, 0.1) is 13.8 Å². The van der Waals surface area contributed by atoms with Crippen LogP contribution in [0.4, 0.5) is 5.82 Å². The smallest absolute Gasteiger partial charge is 0.239 e. The first-order valence-corrected chi connectivity index (χ1v) is 6.21. The lowest BCUT2D eigenvalue weighted by molar-refractivity contribution is -0.115. The zero-order valence-corrected chi connectivity index (χ0v) is 10.5. The maximum Gasteiger partial charge on any atom is 0.239 e. The molecule has 1 aromatic heterocycles. The number of H-pyrrole nitrogens is 1. The lowest BCUT2D eigenvalue weighted by Crippen LogP contribution is -2.34. The lowest BCUT2D eigenvalue weighted by Gasteiger charge is -2.11. The molecule has 1 saturated carbocycles. The highest BCUT2D eigenvalue weighted by atomic mass is 16.2. The molecule has 1 heterocycles. The standard InChI is InChI=1S/C12H20N4O/c1-8-9(2)15-16-12(8)14-11(17)7-13-10-5-3-4-6-10/h10,13H,3-7H2,1-2H3,(H2,14,15,16,17). The Hall–Kier alpha value is -1.36. The summed E-state index contributed by atoms with van der Waals surface area (Å²) in [6, 6.07) is 0.516. The van der Waals surface area contributed by atoms with Crippen molar-refractivity contribution < 1.29 is 4.79 Å². The van der Waals surface area contributed by atoms with Crippen molar-refractivity contribution >= 4 is 11.7 Å². The van der Waals surface area contributed by atoms with Crippen molar-refractivity contribution in [1.29, 1.82) is 0 Å². The molecule has 5 nitrogen and oxygen atoms in total. The van der Waals surface area contributed by atoms with Gasteiger partial charge in [0.15, 0.2) is 5.82 Å². The van der Waals surface area contributed by atoms with Gasteiger partial charge in [0.25, 0.3) is 0 Å². The average molecular weight is 236 g/mol. The van der Waals surface area contributed by atoms with E-state index in [1.165, 1.54) is 25.7 Å². The minimum atomic E-state index is -0.0218. The molecule has 94 valence electrons. The molecule has 0 bridgehead atoms. The van der Waals surface area contributed by atoms with Gasteiger partial charge in [0.1, 0.15) is 0 Å². The van der Waals surface area contributed by atoms with Gasteiger partial charge in [-0.3, -0.25) is 9.89 Å². The number of amides is 1. The quantitative estimate of drug-likeness (QED) is 0.742. The van der Waals surface area contributed by atoms with Crippen molar-refractivity contribution in [3.63, 3.8) is 0 Å². The first kappa shape index (κ1) is 12.1. The molecule has 1 aromatic rings. The number of aromatic amines is 1. The summed E-state index contributed by atoms with van der Waals surface area (Å²) in [6.45, 7) is 4.25. The van der Waals surface area contributed by atoms with Crippen molar-refractivity contribution in [1.82, 2.24) is 15.5 Å². The van der Waals surface area contributed by atoms with E-state index in [-0.39, 0.29) is 5.91 Å². The molecule has 0 aromatic carbocycles. The third-order valence-corrected chi connectivity index (χ3v) is 3.42. The molecule has 17 heavy (non-hydrogen) atoms. The van der Waals surface area contributed by atoms with Crippen molar-refractivity contribution in [3.8, 4) is 0 Å². The number of hydrogen-bond acceptors (Lipinski definition) is 3. The Morgan fingerprint density at radius 3 is 2.71 bits per heavy atom. The van der Waals surface area contributed by atoms with Crippen LogP contribution < -0.4 is 10.6 Å². The van der Waals surface area contributed by atoms with Gasteiger partial charge in [-0.05, 0) is 26.7 Å². The van der Waals surface area contributed by atoms with E-state index in [1.807, 2.05) is 13.8 Å². The van der Waals surface area contributed by atoms with Crippen molar-refractivity contribution in [2.45, 2.75) is 45.6 Å². The summed E-state index contributed by atoms with van der Waals surface area (Å²) in [5.74, 6) is 0.618. The lowest BCUT2D eigenvalue weighted by atomic mass is 10.2. The highest BCUT2D eigenvalue weighted by Gasteiger charge is 2.16. The van der Waals surface area contributed by atoms with Crippen molar-refractivity contribution in [3.05, 3.63) is 11.3 Å². The predicted octanol–water partition coefficient (Wildman–Crippen LogP) is 1.50. The number of hydrogen-bond donors (Lipinski definition) is 3. The second kappa shape index (κ2) is 5.31. The molecule has 0 unspecified atom stereocenters. The van der Waals surface area contributed by atoms with Crippen LogP contribution >= 0.6 is 0 Å². The number of nitrogens with zero attached hydrogens (tertiary/aromatic N) is 1. The van der Waals surface area contributed by atoms with Gasteiger partial charge in [-0.1, -0.05) is 12.8 Å². The third kappa shape index (κ3) is 3.06. The van der Waals surface area contributed by atoms with Crippen molar-refractivity contribution in [2.75, 3.05) is 11.9 Å². The number of nitrogens with one attached hydrogen (secondary N) is 3. The third-order valence-electron chi connectivity index (χ3n) is 3.42. The van der Waals surface area contributed by atoms with E-state index < -0.39 is 0 Å².